The summed E-state index contributed by atoms with van der Waals surface area (Å²) in [6.45, 7) is 8.42. The van der Waals surface area contributed by atoms with Crippen LogP contribution in [0.2, 0.25) is 0 Å². The maximum Gasteiger partial charge on any atom is -0.0265 e. The zero-order valence-electron chi connectivity index (χ0n) is 15.9. The third kappa shape index (κ3) is 17.8. The normalized spacial score (nSPS) is 12.5. The van der Waals surface area contributed by atoms with Crippen LogP contribution in [0.15, 0.2) is 12.7 Å². The van der Waals surface area contributed by atoms with Crippen molar-refractivity contribution in [1.82, 2.24) is 0 Å². The molecule has 0 aliphatic carbocycles. The van der Waals surface area contributed by atoms with Gasteiger partial charge in [-0.15, -0.1) is 6.58 Å². The van der Waals surface area contributed by atoms with Crippen molar-refractivity contribution in [2.24, 2.45) is 5.92 Å². The second-order valence-electron chi connectivity index (χ2n) is 7.30. The van der Waals surface area contributed by atoms with Gasteiger partial charge in [0.1, 0.15) is 0 Å². The summed E-state index contributed by atoms with van der Waals surface area (Å²) < 4.78 is 0. The van der Waals surface area contributed by atoms with Crippen LogP contribution < -0.4 is 0 Å². The van der Waals surface area contributed by atoms with Crippen molar-refractivity contribution in [3.05, 3.63) is 12.7 Å². The van der Waals surface area contributed by atoms with Crippen molar-refractivity contribution < 1.29 is 0 Å². The second-order valence-corrected chi connectivity index (χ2v) is 7.30. The second kappa shape index (κ2) is 18.8. The fourth-order valence-electron chi connectivity index (χ4n) is 3.13. The van der Waals surface area contributed by atoms with Crippen LogP contribution in [-0.2, 0) is 0 Å². The van der Waals surface area contributed by atoms with Gasteiger partial charge in [0, 0.05) is 0 Å². The van der Waals surface area contributed by atoms with Crippen LogP contribution in [0, 0.1) is 5.92 Å². The van der Waals surface area contributed by atoms with Crippen LogP contribution in [-0.4, -0.2) is 0 Å². The van der Waals surface area contributed by atoms with Crippen molar-refractivity contribution in [3.63, 3.8) is 0 Å². The summed E-state index contributed by atoms with van der Waals surface area (Å²) in [5.41, 5.74) is 0. The fourth-order valence-corrected chi connectivity index (χ4v) is 3.13. The van der Waals surface area contributed by atoms with Gasteiger partial charge in [0.25, 0.3) is 0 Å². The standard InChI is InChI=1S/C22H44/c1-4-6-7-8-9-10-11-12-13-14-15-16-17-18-19-20-21-22(3)5-2/h5,22H,2,4,6-21H2,1,3H3/t22-/m1/s1. The highest BCUT2D eigenvalue weighted by molar-refractivity contribution is 4.74. The van der Waals surface area contributed by atoms with Gasteiger partial charge in [-0.05, 0) is 12.3 Å². The Kier molecular flexibility index (Phi) is 18.6. The molecule has 0 heterocycles. The van der Waals surface area contributed by atoms with Crippen molar-refractivity contribution in [3.8, 4) is 0 Å². The van der Waals surface area contributed by atoms with E-state index in [1.165, 1.54) is 109 Å². The summed E-state index contributed by atoms with van der Waals surface area (Å²) in [5, 5.41) is 0. The molecule has 0 saturated heterocycles. The van der Waals surface area contributed by atoms with Gasteiger partial charge < -0.3 is 0 Å². The molecule has 1 atom stereocenters. The van der Waals surface area contributed by atoms with Crippen LogP contribution in [0.3, 0.4) is 0 Å². The zero-order valence-corrected chi connectivity index (χ0v) is 15.9. The SMILES string of the molecule is C=C[C@@H](C)CCCCCCCCCCCCCCCCCC. The van der Waals surface area contributed by atoms with Crippen molar-refractivity contribution in [2.45, 2.75) is 123 Å². The minimum atomic E-state index is 0.714. The van der Waals surface area contributed by atoms with E-state index >= 15 is 0 Å². The van der Waals surface area contributed by atoms with Gasteiger partial charge in [0.15, 0.2) is 0 Å². The molecule has 0 bridgehead atoms. The maximum atomic E-state index is 3.85. The van der Waals surface area contributed by atoms with Crippen LogP contribution in [0.5, 0.6) is 0 Å². The molecular weight excluding hydrogens is 264 g/mol. The molecule has 0 radical (unpaired) electrons. The largest absolute Gasteiger partial charge is 0.103 e. The Labute approximate surface area is 142 Å². The van der Waals surface area contributed by atoms with E-state index in [1.807, 2.05) is 0 Å². The molecule has 0 aromatic rings. The average Bonchev–Trinajstić information content (AvgIpc) is 2.54. The molecular formula is C22H44. The number of hydrogen-bond donors (Lipinski definition) is 0. The van der Waals surface area contributed by atoms with E-state index in [9.17, 15) is 0 Å². The van der Waals surface area contributed by atoms with Crippen LogP contribution in [0.25, 0.3) is 0 Å². The molecule has 0 aliphatic heterocycles. The number of hydrogen-bond acceptors (Lipinski definition) is 0. The lowest BCUT2D eigenvalue weighted by Crippen LogP contribution is -1.89. The van der Waals surface area contributed by atoms with E-state index in [-0.39, 0.29) is 0 Å². The van der Waals surface area contributed by atoms with Gasteiger partial charge in [0.05, 0.1) is 0 Å². The Balaban J connectivity index is 2.98. The molecule has 22 heavy (non-hydrogen) atoms. The van der Waals surface area contributed by atoms with Crippen molar-refractivity contribution in [2.75, 3.05) is 0 Å². The van der Waals surface area contributed by atoms with Crippen LogP contribution >= 0.6 is 0 Å². The van der Waals surface area contributed by atoms with E-state index in [4.69, 9.17) is 0 Å². The minimum Gasteiger partial charge on any atom is -0.103 e. The van der Waals surface area contributed by atoms with E-state index in [0.29, 0.717) is 5.92 Å². The third-order valence-electron chi connectivity index (χ3n) is 4.92. The summed E-state index contributed by atoms with van der Waals surface area (Å²) in [6, 6.07) is 0. The Morgan fingerprint density at radius 3 is 1.23 bits per heavy atom. The van der Waals surface area contributed by atoms with Gasteiger partial charge in [-0.25, -0.2) is 0 Å². The van der Waals surface area contributed by atoms with E-state index in [0.717, 1.165) is 0 Å². The van der Waals surface area contributed by atoms with Gasteiger partial charge in [-0.3, -0.25) is 0 Å². The van der Waals surface area contributed by atoms with Crippen molar-refractivity contribution >= 4 is 0 Å². The Bertz CT molecular complexity index is 206. The first-order chi connectivity index (χ1) is 10.8. The Morgan fingerprint density at radius 2 is 0.909 bits per heavy atom. The summed E-state index contributed by atoms with van der Waals surface area (Å²) >= 11 is 0. The summed E-state index contributed by atoms with van der Waals surface area (Å²) in [5.74, 6) is 0.714. The molecule has 132 valence electrons. The lowest BCUT2D eigenvalue weighted by molar-refractivity contribution is 0.516. The molecule has 0 saturated carbocycles. The monoisotopic (exact) mass is 308 g/mol. The quantitative estimate of drug-likeness (QED) is 0.176. The van der Waals surface area contributed by atoms with Gasteiger partial charge in [-0.1, -0.05) is 123 Å². The maximum absolute atomic E-state index is 3.85. The highest BCUT2D eigenvalue weighted by Gasteiger charge is 1.97. The number of unbranched alkanes of at least 4 members (excludes halogenated alkanes) is 15. The highest BCUT2D eigenvalue weighted by atomic mass is 14.0. The predicted molar refractivity (Wildman–Crippen MR) is 104 cm³/mol. The fraction of sp³-hybridized carbons (Fsp3) is 0.909. The number of rotatable bonds is 18. The summed E-state index contributed by atoms with van der Waals surface area (Å²) in [7, 11) is 0. The lowest BCUT2D eigenvalue weighted by Gasteiger charge is -2.05. The van der Waals surface area contributed by atoms with E-state index in [1.54, 1.807) is 0 Å². The first-order valence-electron chi connectivity index (χ1n) is 10.4. The van der Waals surface area contributed by atoms with Gasteiger partial charge in [0.2, 0.25) is 0 Å². The molecule has 0 rings (SSSR count). The average molecular weight is 309 g/mol. The zero-order chi connectivity index (χ0) is 16.3. The summed E-state index contributed by atoms with van der Waals surface area (Å²) in [4.78, 5) is 0. The van der Waals surface area contributed by atoms with Gasteiger partial charge in [-0.2, -0.15) is 0 Å². The highest BCUT2D eigenvalue weighted by Crippen LogP contribution is 2.15. The van der Waals surface area contributed by atoms with Crippen LogP contribution in [0.1, 0.15) is 123 Å². The predicted octanol–water partition coefficient (Wildman–Crippen LogP) is 8.46. The first kappa shape index (κ1) is 21.7. The third-order valence-corrected chi connectivity index (χ3v) is 4.92. The lowest BCUT2D eigenvalue weighted by atomic mass is 10.0. The molecule has 0 heteroatoms. The molecule has 0 aromatic heterocycles. The molecule has 0 aromatic carbocycles. The summed E-state index contributed by atoms with van der Waals surface area (Å²) in [6.07, 6.45) is 26.7. The molecule has 0 unspecified atom stereocenters. The minimum absolute atomic E-state index is 0.714. The number of allylic oxidation sites excluding steroid dienone is 1. The van der Waals surface area contributed by atoms with Crippen LogP contribution in [0.4, 0.5) is 0 Å². The Hall–Kier alpha value is -0.260. The van der Waals surface area contributed by atoms with Crippen molar-refractivity contribution in [1.29, 1.82) is 0 Å². The molecule has 0 fully saturated rings. The smallest absolute Gasteiger partial charge is 0.0265 e. The molecule has 0 amide bonds. The molecule has 0 N–H and O–H groups in total. The molecule has 0 aliphatic rings. The topological polar surface area (TPSA) is 0 Å². The van der Waals surface area contributed by atoms with E-state index in [2.05, 4.69) is 26.5 Å². The molecule has 0 nitrogen and oxygen atoms in total. The first-order valence-corrected chi connectivity index (χ1v) is 10.4. The molecule has 0 spiro atoms. The van der Waals surface area contributed by atoms with E-state index < -0.39 is 0 Å². The van der Waals surface area contributed by atoms with Gasteiger partial charge >= 0.3 is 0 Å². The Morgan fingerprint density at radius 1 is 0.591 bits per heavy atom.